The predicted octanol–water partition coefficient (Wildman–Crippen LogP) is 3.58. The number of hydrogen-bond donors (Lipinski definition) is 2. The number of halogens is 2. The number of amides is 2. The van der Waals surface area contributed by atoms with Crippen LogP contribution in [0.3, 0.4) is 0 Å². The molecule has 1 unspecified atom stereocenters. The van der Waals surface area contributed by atoms with Crippen molar-refractivity contribution in [2.45, 2.75) is 25.4 Å². The van der Waals surface area contributed by atoms with Gasteiger partial charge in [-0.2, -0.15) is 0 Å². The van der Waals surface area contributed by atoms with E-state index < -0.39 is 23.6 Å². The molecule has 1 aromatic heterocycles. The van der Waals surface area contributed by atoms with E-state index in [-0.39, 0.29) is 24.6 Å². The first kappa shape index (κ1) is 17.2. The van der Waals surface area contributed by atoms with Crippen molar-refractivity contribution in [1.82, 2.24) is 9.88 Å². The maximum Gasteiger partial charge on any atom is 0.247 e. The standard InChI is InChI=1S/C20H17F2N3O2/c21-13-5-6-15(22)17(9-13)24-20(27)18-7-8-19(26)25(18)11-12-10-23-16-4-2-1-3-14(12)16/h1-6,9-10,18,23H,7-8,11H2,(H,24,27). The molecule has 1 saturated heterocycles. The number of benzene rings is 2. The third-order valence-electron chi connectivity index (χ3n) is 4.83. The number of nitrogens with one attached hydrogen (secondary N) is 2. The molecule has 3 aromatic rings. The number of H-pyrrole nitrogens is 1. The summed E-state index contributed by atoms with van der Waals surface area (Å²) < 4.78 is 27.1. The molecule has 2 aromatic carbocycles. The molecule has 0 aliphatic carbocycles. The van der Waals surface area contributed by atoms with E-state index in [1.807, 2.05) is 30.5 Å². The van der Waals surface area contributed by atoms with Crippen molar-refractivity contribution in [1.29, 1.82) is 0 Å². The molecule has 0 bridgehead atoms. The molecule has 2 amide bonds. The van der Waals surface area contributed by atoms with Gasteiger partial charge in [0.25, 0.3) is 0 Å². The highest BCUT2D eigenvalue weighted by atomic mass is 19.1. The quantitative estimate of drug-likeness (QED) is 0.738. The molecule has 138 valence electrons. The maximum atomic E-state index is 13.8. The van der Waals surface area contributed by atoms with Crippen molar-refractivity contribution in [3.05, 3.63) is 65.9 Å². The first-order valence-corrected chi connectivity index (χ1v) is 8.63. The van der Waals surface area contributed by atoms with Crippen LogP contribution >= 0.6 is 0 Å². The van der Waals surface area contributed by atoms with Crippen molar-refractivity contribution in [3.8, 4) is 0 Å². The number of likely N-dealkylation sites (tertiary alicyclic amines) is 1. The third kappa shape index (κ3) is 3.28. The molecule has 2 N–H and O–H groups in total. The monoisotopic (exact) mass is 369 g/mol. The molecule has 1 aliphatic heterocycles. The predicted molar refractivity (Wildman–Crippen MR) is 96.9 cm³/mol. The molecule has 27 heavy (non-hydrogen) atoms. The number of anilines is 1. The first-order valence-electron chi connectivity index (χ1n) is 8.63. The van der Waals surface area contributed by atoms with Crippen LogP contribution in [0.15, 0.2) is 48.7 Å². The third-order valence-corrected chi connectivity index (χ3v) is 4.83. The molecule has 0 saturated carbocycles. The van der Waals surface area contributed by atoms with Gasteiger partial charge in [-0.1, -0.05) is 18.2 Å². The Bertz CT molecular complexity index is 1030. The van der Waals surface area contributed by atoms with Gasteiger partial charge in [-0.25, -0.2) is 8.78 Å². The second-order valence-electron chi connectivity index (χ2n) is 6.55. The largest absolute Gasteiger partial charge is 0.361 e. The summed E-state index contributed by atoms with van der Waals surface area (Å²) in [6.07, 6.45) is 2.40. The van der Waals surface area contributed by atoms with Crippen molar-refractivity contribution < 1.29 is 18.4 Å². The molecule has 1 atom stereocenters. The van der Waals surface area contributed by atoms with Gasteiger partial charge in [0.2, 0.25) is 11.8 Å². The summed E-state index contributed by atoms with van der Waals surface area (Å²) in [7, 11) is 0. The number of para-hydroxylation sites is 1. The smallest absolute Gasteiger partial charge is 0.247 e. The Hall–Kier alpha value is -3.22. The van der Waals surface area contributed by atoms with Gasteiger partial charge >= 0.3 is 0 Å². The lowest BCUT2D eigenvalue weighted by atomic mass is 10.1. The molecular formula is C20H17F2N3O2. The minimum absolute atomic E-state index is 0.139. The van der Waals surface area contributed by atoms with Gasteiger partial charge in [-0.3, -0.25) is 9.59 Å². The topological polar surface area (TPSA) is 65.2 Å². The van der Waals surface area contributed by atoms with E-state index in [1.54, 1.807) is 0 Å². The highest BCUT2D eigenvalue weighted by Gasteiger charge is 2.36. The Labute approximate surface area is 154 Å². The number of carbonyl (C=O) groups excluding carboxylic acids is 2. The Balaban J connectivity index is 1.56. The number of nitrogens with zero attached hydrogens (tertiary/aromatic N) is 1. The van der Waals surface area contributed by atoms with Crippen LogP contribution in [-0.2, 0) is 16.1 Å². The number of carbonyl (C=O) groups is 2. The van der Waals surface area contributed by atoms with Crippen molar-refractivity contribution in [2.24, 2.45) is 0 Å². The molecule has 4 rings (SSSR count). The normalized spacial score (nSPS) is 16.9. The van der Waals surface area contributed by atoms with E-state index in [0.717, 1.165) is 34.7 Å². The number of aromatic nitrogens is 1. The highest BCUT2D eigenvalue weighted by molar-refractivity contribution is 5.99. The van der Waals surface area contributed by atoms with E-state index in [2.05, 4.69) is 10.3 Å². The average molecular weight is 369 g/mol. The van der Waals surface area contributed by atoms with Crippen LogP contribution in [-0.4, -0.2) is 27.7 Å². The zero-order chi connectivity index (χ0) is 19.0. The Morgan fingerprint density at radius 3 is 2.89 bits per heavy atom. The lowest BCUT2D eigenvalue weighted by Crippen LogP contribution is -2.41. The second-order valence-corrected chi connectivity index (χ2v) is 6.55. The summed E-state index contributed by atoms with van der Waals surface area (Å²) in [5.41, 5.74) is 1.61. The van der Waals surface area contributed by atoms with Crippen LogP contribution in [0.5, 0.6) is 0 Å². The Kier molecular flexibility index (Phi) is 4.35. The Morgan fingerprint density at radius 2 is 2.04 bits per heavy atom. The van der Waals surface area contributed by atoms with Gasteiger partial charge < -0.3 is 15.2 Å². The fourth-order valence-corrected chi connectivity index (χ4v) is 3.46. The van der Waals surface area contributed by atoms with Crippen LogP contribution in [0.1, 0.15) is 18.4 Å². The van der Waals surface area contributed by atoms with Gasteiger partial charge in [-0.05, 0) is 30.2 Å². The molecule has 1 fully saturated rings. The molecule has 1 aliphatic rings. The molecule has 7 heteroatoms. The summed E-state index contributed by atoms with van der Waals surface area (Å²) in [5.74, 6) is -2.03. The van der Waals surface area contributed by atoms with Gasteiger partial charge in [0, 0.05) is 36.1 Å². The van der Waals surface area contributed by atoms with E-state index in [1.165, 1.54) is 4.90 Å². The van der Waals surface area contributed by atoms with Crippen molar-refractivity contribution in [3.63, 3.8) is 0 Å². The maximum absolute atomic E-state index is 13.8. The molecule has 0 radical (unpaired) electrons. The number of aromatic amines is 1. The summed E-state index contributed by atoms with van der Waals surface area (Å²) in [4.78, 5) is 29.6. The number of hydrogen-bond acceptors (Lipinski definition) is 2. The van der Waals surface area contributed by atoms with Gasteiger partial charge in [0.15, 0.2) is 0 Å². The zero-order valence-electron chi connectivity index (χ0n) is 14.3. The van der Waals surface area contributed by atoms with Gasteiger partial charge in [-0.15, -0.1) is 0 Å². The van der Waals surface area contributed by atoms with Crippen LogP contribution in [0.4, 0.5) is 14.5 Å². The SMILES string of the molecule is O=C(Nc1cc(F)ccc1F)C1CCC(=O)N1Cc1c[nH]c2ccccc12. The van der Waals surface area contributed by atoms with Gasteiger partial charge in [0.1, 0.15) is 17.7 Å². The minimum Gasteiger partial charge on any atom is -0.361 e. The van der Waals surface area contributed by atoms with E-state index >= 15 is 0 Å². The number of rotatable bonds is 4. The van der Waals surface area contributed by atoms with E-state index in [0.29, 0.717) is 6.42 Å². The van der Waals surface area contributed by atoms with Crippen molar-refractivity contribution >= 4 is 28.4 Å². The van der Waals surface area contributed by atoms with Gasteiger partial charge in [0.05, 0.1) is 5.69 Å². The summed E-state index contributed by atoms with van der Waals surface area (Å²) in [6.45, 7) is 0.270. The fourth-order valence-electron chi connectivity index (χ4n) is 3.46. The minimum atomic E-state index is -0.728. The second kappa shape index (κ2) is 6.83. The van der Waals surface area contributed by atoms with Crippen LogP contribution < -0.4 is 5.32 Å². The van der Waals surface area contributed by atoms with E-state index in [9.17, 15) is 18.4 Å². The number of fused-ring (bicyclic) bond motifs is 1. The van der Waals surface area contributed by atoms with Crippen LogP contribution in [0.2, 0.25) is 0 Å². The van der Waals surface area contributed by atoms with Crippen LogP contribution in [0.25, 0.3) is 10.9 Å². The fraction of sp³-hybridized carbons (Fsp3) is 0.200. The Morgan fingerprint density at radius 1 is 1.22 bits per heavy atom. The highest BCUT2D eigenvalue weighted by Crippen LogP contribution is 2.26. The molecular weight excluding hydrogens is 352 g/mol. The molecule has 0 spiro atoms. The van der Waals surface area contributed by atoms with Crippen LogP contribution in [0, 0.1) is 11.6 Å². The molecule has 5 nitrogen and oxygen atoms in total. The van der Waals surface area contributed by atoms with Crippen molar-refractivity contribution in [2.75, 3.05) is 5.32 Å². The lowest BCUT2D eigenvalue weighted by molar-refractivity contribution is -0.133. The summed E-state index contributed by atoms with van der Waals surface area (Å²) in [5, 5.41) is 3.38. The lowest BCUT2D eigenvalue weighted by Gasteiger charge is -2.24. The average Bonchev–Trinajstić information content (AvgIpc) is 3.23. The van der Waals surface area contributed by atoms with E-state index in [4.69, 9.17) is 0 Å². The first-order chi connectivity index (χ1) is 13.0. The summed E-state index contributed by atoms with van der Waals surface area (Å²) >= 11 is 0. The summed E-state index contributed by atoms with van der Waals surface area (Å²) in [6, 6.07) is 9.82. The zero-order valence-corrected chi connectivity index (χ0v) is 14.3. The molecule has 2 heterocycles.